The second kappa shape index (κ2) is 6.69. The summed E-state index contributed by atoms with van der Waals surface area (Å²) < 4.78 is 0.493. The molecule has 2 aromatic rings. The number of pyridine rings is 1. The zero-order chi connectivity index (χ0) is 15.1. The van der Waals surface area contributed by atoms with Crippen molar-refractivity contribution in [2.75, 3.05) is 5.73 Å². The summed E-state index contributed by atoms with van der Waals surface area (Å²) in [5.74, 6) is -0.931. The van der Waals surface area contributed by atoms with Crippen LogP contribution in [0.4, 0.5) is 11.4 Å². The first-order chi connectivity index (χ1) is 9.40. The predicted molar refractivity (Wildman–Crippen MR) is 69.9 cm³/mol. The summed E-state index contributed by atoms with van der Waals surface area (Å²) in [7, 11) is 0. The smallest absolute Gasteiger partial charge is 0.335 e. The molecular weight excluding hydrogens is 266 g/mol. The second-order valence-electron chi connectivity index (χ2n) is 3.60. The van der Waals surface area contributed by atoms with E-state index >= 15 is 0 Å². The highest BCUT2D eigenvalue weighted by Gasteiger charge is 2.04. The Kier molecular flexibility index (Phi) is 4.98. The molecule has 2 rings (SSSR count). The SMILES string of the molecule is Nc1ccc(C(=O)O)cc1.O=[N+]([O-])c1cc[n+]([O-])cc1. The van der Waals surface area contributed by atoms with E-state index < -0.39 is 10.9 Å². The average molecular weight is 277 g/mol. The Labute approximate surface area is 113 Å². The molecule has 8 nitrogen and oxygen atoms in total. The number of anilines is 1. The van der Waals surface area contributed by atoms with Gasteiger partial charge in [0.05, 0.1) is 22.6 Å². The van der Waals surface area contributed by atoms with Gasteiger partial charge in [0.1, 0.15) is 0 Å². The van der Waals surface area contributed by atoms with Gasteiger partial charge in [-0.05, 0) is 24.3 Å². The van der Waals surface area contributed by atoms with Crippen LogP contribution in [-0.2, 0) is 0 Å². The molecule has 3 N–H and O–H groups in total. The highest BCUT2D eigenvalue weighted by Crippen LogP contribution is 2.05. The summed E-state index contributed by atoms with van der Waals surface area (Å²) >= 11 is 0. The van der Waals surface area contributed by atoms with Crippen LogP contribution in [0.1, 0.15) is 10.4 Å². The van der Waals surface area contributed by atoms with Crippen LogP contribution in [-0.4, -0.2) is 16.0 Å². The molecule has 1 aromatic carbocycles. The van der Waals surface area contributed by atoms with Crippen LogP contribution in [0.3, 0.4) is 0 Å². The van der Waals surface area contributed by atoms with Gasteiger partial charge in [-0.25, -0.2) is 4.79 Å². The molecule has 8 heteroatoms. The number of aromatic nitrogens is 1. The third-order valence-corrected chi connectivity index (χ3v) is 2.15. The number of aromatic carboxylic acids is 1. The van der Waals surface area contributed by atoms with Crippen LogP contribution in [0.5, 0.6) is 0 Å². The maximum absolute atomic E-state index is 10.3. The molecule has 1 heterocycles. The molecule has 0 aliphatic heterocycles. The first kappa shape index (κ1) is 14.9. The monoisotopic (exact) mass is 277 g/mol. The molecule has 0 unspecified atom stereocenters. The van der Waals surface area contributed by atoms with Crippen molar-refractivity contribution >= 4 is 17.3 Å². The first-order valence-corrected chi connectivity index (χ1v) is 5.32. The van der Waals surface area contributed by atoms with Gasteiger partial charge in [-0.1, -0.05) is 0 Å². The predicted octanol–water partition coefficient (Wildman–Crippen LogP) is 1.20. The third-order valence-electron chi connectivity index (χ3n) is 2.15. The van der Waals surface area contributed by atoms with Gasteiger partial charge in [0.25, 0.3) is 5.69 Å². The van der Waals surface area contributed by atoms with Crippen molar-refractivity contribution in [2.24, 2.45) is 0 Å². The Morgan fingerprint density at radius 3 is 2.05 bits per heavy atom. The Morgan fingerprint density at radius 2 is 1.65 bits per heavy atom. The summed E-state index contributed by atoms with van der Waals surface area (Å²) in [6, 6.07) is 8.35. The van der Waals surface area contributed by atoms with Crippen molar-refractivity contribution in [1.82, 2.24) is 0 Å². The van der Waals surface area contributed by atoms with Gasteiger partial charge < -0.3 is 16.0 Å². The van der Waals surface area contributed by atoms with Gasteiger partial charge >= 0.3 is 5.97 Å². The highest BCUT2D eigenvalue weighted by molar-refractivity contribution is 5.87. The molecule has 0 saturated carbocycles. The van der Waals surface area contributed by atoms with E-state index in [2.05, 4.69) is 0 Å². The number of carboxylic acids is 1. The lowest BCUT2D eigenvalue weighted by Gasteiger charge is -1.93. The number of carbonyl (C=O) groups is 1. The molecule has 0 saturated heterocycles. The molecular formula is C12H11N3O5. The minimum Gasteiger partial charge on any atom is -0.619 e. The standard InChI is InChI=1S/C7H7NO2.C5H4N2O3/c2*8-6-3-1-5(2-4-6)7(9)10/h1-4H,8H2,(H,9,10);1-4H. The summed E-state index contributed by atoms with van der Waals surface area (Å²) in [5, 5.41) is 28.8. The quantitative estimate of drug-likeness (QED) is 0.278. The number of nitrogens with zero attached hydrogens (tertiary/aromatic N) is 2. The lowest BCUT2D eigenvalue weighted by Crippen LogP contribution is -2.23. The molecule has 0 atom stereocenters. The van der Waals surface area contributed by atoms with E-state index in [9.17, 15) is 20.1 Å². The normalized spacial score (nSPS) is 9.20. The molecule has 20 heavy (non-hydrogen) atoms. The highest BCUT2D eigenvalue weighted by atomic mass is 16.6. The van der Waals surface area contributed by atoms with E-state index in [1.165, 1.54) is 12.1 Å². The third kappa shape index (κ3) is 4.61. The summed E-state index contributed by atoms with van der Waals surface area (Å²) in [6.45, 7) is 0. The van der Waals surface area contributed by atoms with Crippen LogP contribution in [0.2, 0.25) is 0 Å². The Hall–Kier alpha value is -3.16. The van der Waals surface area contributed by atoms with E-state index in [-0.39, 0.29) is 11.3 Å². The van der Waals surface area contributed by atoms with Gasteiger partial charge in [-0.15, -0.1) is 0 Å². The second-order valence-corrected chi connectivity index (χ2v) is 3.60. The van der Waals surface area contributed by atoms with Crippen molar-refractivity contribution in [3.8, 4) is 0 Å². The fourth-order valence-corrected chi connectivity index (χ4v) is 1.15. The first-order valence-electron chi connectivity index (χ1n) is 5.32. The van der Waals surface area contributed by atoms with Crippen LogP contribution >= 0.6 is 0 Å². The van der Waals surface area contributed by atoms with E-state index in [1.54, 1.807) is 12.1 Å². The number of hydrogen-bond donors (Lipinski definition) is 2. The largest absolute Gasteiger partial charge is 0.619 e. The Morgan fingerprint density at radius 1 is 1.15 bits per heavy atom. The minimum absolute atomic E-state index is 0.0768. The van der Waals surface area contributed by atoms with Crippen molar-refractivity contribution < 1.29 is 19.6 Å². The van der Waals surface area contributed by atoms with Gasteiger partial charge in [0, 0.05) is 5.69 Å². The van der Waals surface area contributed by atoms with Gasteiger partial charge in [0.2, 0.25) is 0 Å². The van der Waals surface area contributed by atoms with Gasteiger partial charge in [-0.3, -0.25) is 10.1 Å². The molecule has 0 spiro atoms. The molecule has 1 aromatic heterocycles. The number of nitrogen functional groups attached to an aromatic ring is 1. The lowest BCUT2D eigenvalue weighted by molar-refractivity contribution is -0.606. The summed E-state index contributed by atoms with van der Waals surface area (Å²) in [5.41, 5.74) is 6.09. The molecule has 0 aliphatic carbocycles. The number of nitrogens with two attached hydrogens (primary N) is 1. The van der Waals surface area contributed by atoms with Crippen molar-refractivity contribution in [3.63, 3.8) is 0 Å². The van der Waals surface area contributed by atoms with Crippen molar-refractivity contribution in [2.45, 2.75) is 0 Å². The number of hydrogen-bond acceptors (Lipinski definition) is 5. The summed E-state index contributed by atoms with van der Waals surface area (Å²) in [4.78, 5) is 19.7. The van der Waals surface area contributed by atoms with Crippen LogP contribution in [0.25, 0.3) is 0 Å². The van der Waals surface area contributed by atoms with Crippen LogP contribution in [0.15, 0.2) is 48.8 Å². The molecule has 0 bridgehead atoms. The number of benzene rings is 1. The number of rotatable bonds is 2. The fourth-order valence-electron chi connectivity index (χ4n) is 1.15. The van der Waals surface area contributed by atoms with Crippen LogP contribution in [0, 0.1) is 15.3 Å². The van der Waals surface area contributed by atoms with E-state index in [1.807, 2.05) is 0 Å². The zero-order valence-corrected chi connectivity index (χ0v) is 10.2. The molecule has 0 radical (unpaired) electrons. The molecule has 0 amide bonds. The van der Waals surface area contributed by atoms with Gasteiger partial charge in [0.15, 0.2) is 12.4 Å². The van der Waals surface area contributed by atoms with Crippen molar-refractivity contribution in [3.05, 3.63) is 69.7 Å². The number of carboxylic acid groups (broad SMARTS) is 1. The molecule has 104 valence electrons. The maximum atomic E-state index is 10.3. The fraction of sp³-hybridized carbons (Fsp3) is 0. The maximum Gasteiger partial charge on any atom is 0.335 e. The number of nitro groups is 1. The van der Waals surface area contributed by atoms with E-state index in [0.717, 1.165) is 24.5 Å². The van der Waals surface area contributed by atoms with E-state index in [0.29, 0.717) is 10.4 Å². The Bertz CT molecular complexity index is 540. The minimum atomic E-state index is -0.931. The average Bonchev–Trinajstić information content (AvgIpc) is 2.40. The molecule has 0 aliphatic rings. The molecule has 0 fully saturated rings. The van der Waals surface area contributed by atoms with E-state index in [4.69, 9.17) is 10.8 Å². The van der Waals surface area contributed by atoms with Gasteiger partial charge in [-0.2, -0.15) is 4.73 Å². The summed E-state index contributed by atoms with van der Waals surface area (Å²) in [6.07, 6.45) is 2.16. The zero-order valence-electron chi connectivity index (χ0n) is 10.2. The Balaban J connectivity index is 0.000000200. The lowest BCUT2D eigenvalue weighted by atomic mass is 10.2. The van der Waals surface area contributed by atoms with Crippen LogP contribution < -0.4 is 10.5 Å². The topological polar surface area (TPSA) is 133 Å². The van der Waals surface area contributed by atoms with Crippen molar-refractivity contribution in [1.29, 1.82) is 0 Å².